The minimum Gasteiger partial charge on any atom is -0.341 e. The van der Waals surface area contributed by atoms with E-state index in [0.717, 1.165) is 51.7 Å². The summed E-state index contributed by atoms with van der Waals surface area (Å²) in [5, 5.41) is 3.21. The largest absolute Gasteiger partial charge is 0.341 e. The van der Waals surface area contributed by atoms with Crippen LogP contribution in [0.1, 0.15) is 52.4 Å². The number of amides is 1. The van der Waals surface area contributed by atoms with Crippen LogP contribution >= 0.6 is 11.6 Å². The molecule has 158 valence electrons. The van der Waals surface area contributed by atoms with Gasteiger partial charge in [-0.1, -0.05) is 38.2 Å². The van der Waals surface area contributed by atoms with E-state index in [2.05, 4.69) is 43.5 Å². The Morgan fingerprint density at radius 3 is 2.54 bits per heavy atom. The molecule has 2 aliphatic carbocycles. The highest BCUT2D eigenvalue weighted by molar-refractivity contribution is 6.21. The number of carbonyl (C=O) groups excluding carboxylic acids is 1. The molecule has 0 aromatic rings. The van der Waals surface area contributed by atoms with Crippen molar-refractivity contribution in [1.82, 2.24) is 10.2 Å². The molecule has 1 aliphatic heterocycles. The number of likely N-dealkylation sites (tertiary alicyclic amines) is 1. The standard InChI is InChI=1S/C23H36ClFN2O/c1-16(2)22(26-15-17-6-4-3-5-7-17)23(28)27-12-10-18(11-13-27)19-8-9-21(25)20(24)14-19/h3-6,16-22,26H,7-15H2,1-2H3/t17?,19?,20?,21?,22-/m1/s1. The number of nitrogens with one attached hydrogen (secondary N) is 1. The number of nitrogens with zero attached hydrogens (tertiary/aromatic N) is 1. The van der Waals surface area contributed by atoms with Gasteiger partial charge in [0.05, 0.1) is 11.4 Å². The van der Waals surface area contributed by atoms with Gasteiger partial charge in [-0.05, 0) is 62.2 Å². The number of rotatable bonds is 6. The first-order valence-corrected chi connectivity index (χ1v) is 11.5. The second-order valence-corrected chi connectivity index (χ2v) is 9.77. The van der Waals surface area contributed by atoms with Crippen molar-refractivity contribution in [1.29, 1.82) is 0 Å². The molecule has 28 heavy (non-hydrogen) atoms. The van der Waals surface area contributed by atoms with Crippen LogP contribution < -0.4 is 5.32 Å². The van der Waals surface area contributed by atoms with Crippen LogP contribution in [-0.4, -0.2) is 48.0 Å². The Morgan fingerprint density at radius 1 is 1.18 bits per heavy atom. The van der Waals surface area contributed by atoms with Gasteiger partial charge in [0, 0.05) is 19.6 Å². The van der Waals surface area contributed by atoms with E-state index >= 15 is 0 Å². The summed E-state index contributed by atoms with van der Waals surface area (Å²) in [5.74, 6) is 2.09. The highest BCUT2D eigenvalue weighted by atomic mass is 35.5. The number of hydrogen-bond acceptors (Lipinski definition) is 2. The van der Waals surface area contributed by atoms with E-state index in [4.69, 9.17) is 11.6 Å². The third kappa shape index (κ3) is 5.60. The predicted octanol–water partition coefficient (Wildman–Crippen LogP) is 4.72. The van der Waals surface area contributed by atoms with Crippen LogP contribution in [0.4, 0.5) is 4.39 Å². The summed E-state index contributed by atoms with van der Waals surface area (Å²) in [5.41, 5.74) is 0. The van der Waals surface area contributed by atoms with Crippen molar-refractivity contribution in [3.63, 3.8) is 0 Å². The molecule has 4 unspecified atom stereocenters. The Balaban J connectivity index is 1.48. The van der Waals surface area contributed by atoms with Gasteiger partial charge in [0.2, 0.25) is 5.91 Å². The van der Waals surface area contributed by atoms with Crippen molar-refractivity contribution in [3.05, 3.63) is 24.3 Å². The van der Waals surface area contributed by atoms with Gasteiger partial charge < -0.3 is 10.2 Å². The summed E-state index contributed by atoms with van der Waals surface area (Å²) in [6, 6.07) is -0.120. The molecule has 0 bridgehead atoms. The molecular weight excluding hydrogens is 375 g/mol. The molecular formula is C23H36ClFN2O. The fourth-order valence-corrected chi connectivity index (χ4v) is 5.35. The molecule has 0 aromatic carbocycles. The van der Waals surface area contributed by atoms with E-state index < -0.39 is 6.17 Å². The SMILES string of the molecule is CC(C)[C@@H](NCC1C=CC=CC1)C(=O)N1CCC(C2CCC(F)C(Cl)C2)CC1. The molecule has 5 heteroatoms. The molecule has 0 spiro atoms. The highest BCUT2D eigenvalue weighted by Gasteiger charge is 2.36. The Morgan fingerprint density at radius 2 is 1.93 bits per heavy atom. The average molecular weight is 411 g/mol. The summed E-state index contributed by atoms with van der Waals surface area (Å²) in [6.45, 7) is 6.73. The molecule has 1 amide bonds. The van der Waals surface area contributed by atoms with E-state index in [1.165, 1.54) is 0 Å². The van der Waals surface area contributed by atoms with Gasteiger partial charge in [0.15, 0.2) is 0 Å². The Bertz CT molecular complexity index is 571. The van der Waals surface area contributed by atoms with E-state index in [1.54, 1.807) is 0 Å². The lowest BCUT2D eigenvalue weighted by atomic mass is 9.75. The second kappa shape index (κ2) is 10.2. The lowest BCUT2D eigenvalue weighted by molar-refractivity contribution is -0.136. The molecule has 3 nitrogen and oxygen atoms in total. The average Bonchev–Trinajstić information content (AvgIpc) is 2.71. The molecule has 3 aliphatic rings. The van der Waals surface area contributed by atoms with Crippen LogP contribution in [-0.2, 0) is 4.79 Å². The van der Waals surface area contributed by atoms with Gasteiger partial charge in [-0.15, -0.1) is 11.6 Å². The van der Waals surface area contributed by atoms with Crippen LogP contribution in [0, 0.1) is 23.7 Å². The first kappa shape index (κ1) is 21.8. The third-order valence-corrected chi connectivity index (χ3v) is 7.31. The van der Waals surface area contributed by atoms with Crippen LogP contribution in [0.2, 0.25) is 0 Å². The maximum Gasteiger partial charge on any atom is 0.239 e. The van der Waals surface area contributed by atoms with Crippen molar-refractivity contribution in [2.24, 2.45) is 23.7 Å². The zero-order valence-electron chi connectivity index (χ0n) is 17.3. The zero-order valence-corrected chi connectivity index (χ0v) is 18.1. The number of hydrogen-bond donors (Lipinski definition) is 1. The van der Waals surface area contributed by atoms with Gasteiger partial charge >= 0.3 is 0 Å². The van der Waals surface area contributed by atoms with E-state index in [1.807, 2.05) is 4.90 Å². The molecule has 2 fully saturated rings. The molecule has 5 atom stereocenters. The fraction of sp³-hybridized carbons (Fsp3) is 0.783. The van der Waals surface area contributed by atoms with Crippen molar-refractivity contribution in [3.8, 4) is 0 Å². The highest BCUT2D eigenvalue weighted by Crippen LogP contribution is 2.38. The summed E-state index contributed by atoms with van der Waals surface area (Å²) in [6.07, 6.45) is 13.2. The molecule has 3 rings (SSSR count). The van der Waals surface area contributed by atoms with Crippen LogP contribution in [0.3, 0.4) is 0 Å². The zero-order chi connectivity index (χ0) is 20.1. The maximum atomic E-state index is 13.7. The number of piperidine rings is 1. The number of halogens is 2. The monoisotopic (exact) mass is 410 g/mol. The van der Waals surface area contributed by atoms with Crippen LogP contribution in [0.25, 0.3) is 0 Å². The predicted molar refractivity (Wildman–Crippen MR) is 114 cm³/mol. The van der Waals surface area contributed by atoms with Gasteiger partial charge in [0.1, 0.15) is 6.17 Å². The van der Waals surface area contributed by atoms with Crippen LogP contribution in [0.5, 0.6) is 0 Å². The third-order valence-electron chi connectivity index (χ3n) is 6.85. The van der Waals surface area contributed by atoms with E-state index in [9.17, 15) is 9.18 Å². The van der Waals surface area contributed by atoms with Gasteiger partial charge in [-0.2, -0.15) is 0 Å². The Labute approximate surface area is 174 Å². The summed E-state index contributed by atoms with van der Waals surface area (Å²) >= 11 is 6.18. The first-order chi connectivity index (χ1) is 13.5. The molecule has 0 aromatic heterocycles. The molecule has 1 heterocycles. The topological polar surface area (TPSA) is 32.3 Å². The van der Waals surface area contributed by atoms with Crippen LogP contribution in [0.15, 0.2) is 24.3 Å². The number of allylic oxidation sites excluding steroid dienone is 3. The molecule has 1 N–H and O–H groups in total. The molecule has 0 radical (unpaired) electrons. The van der Waals surface area contributed by atoms with E-state index in [0.29, 0.717) is 24.2 Å². The number of carbonyl (C=O) groups is 1. The quantitative estimate of drug-likeness (QED) is 0.642. The van der Waals surface area contributed by atoms with Crippen molar-refractivity contribution >= 4 is 17.5 Å². The second-order valence-electron chi connectivity index (χ2n) is 9.21. The Kier molecular flexibility index (Phi) is 7.99. The van der Waals surface area contributed by atoms with E-state index in [-0.39, 0.29) is 23.2 Å². The fourth-order valence-electron chi connectivity index (χ4n) is 4.99. The smallest absolute Gasteiger partial charge is 0.239 e. The van der Waals surface area contributed by atoms with Crippen molar-refractivity contribution in [2.45, 2.75) is 70.0 Å². The lowest BCUT2D eigenvalue weighted by Gasteiger charge is -2.40. The van der Waals surface area contributed by atoms with Crippen molar-refractivity contribution < 1.29 is 9.18 Å². The van der Waals surface area contributed by atoms with Gasteiger partial charge in [-0.3, -0.25) is 4.79 Å². The minimum absolute atomic E-state index is 0.120. The lowest BCUT2D eigenvalue weighted by Crippen LogP contribution is -2.52. The van der Waals surface area contributed by atoms with Crippen molar-refractivity contribution in [2.75, 3.05) is 19.6 Å². The van der Waals surface area contributed by atoms with Gasteiger partial charge in [-0.25, -0.2) is 4.39 Å². The minimum atomic E-state index is -0.841. The summed E-state index contributed by atoms with van der Waals surface area (Å²) in [7, 11) is 0. The first-order valence-electron chi connectivity index (χ1n) is 11.1. The summed E-state index contributed by atoms with van der Waals surface area (Å²) < 4.78 is 13.7. The number of alkyl halides is 2. The maximum absolute atomic E-state index is 13.7. The summed E-state index contributed by atoms with van der Waals surface area (Å²) in [4.78, 5) is 15.2. The van der Waals surface area contributed by atoms with Gasteiger partial charge in [0.25, 0.3) is 0 Å². The molecule has 1 saturated heterocycles. The molecule has 1 saturated carbocycles. The Hall–Kier alpha value is -0.870. The normalized spacial score (nSPS) is 32.7.